The van der Waals surface area contributed by atoms with Gasteiger partial charge in [-0.3, -0.25) is 14.6 Å². The molecule has 4 heterocycles. The van der Waals surface area contributed by atoms with E-state index in [0.717, 1.165) is 62.9 Å². The number of nitrogens with zero attached hydrogens (tertiary/aromatic N) is 5. The number of carbonyl (C=O) groups is 2. The second-order valence-electron chi connectivity index (χ2n) is 12.5. The van der Waals surface area contributed by atoms with Crippen LogP contribution in [0.5, 0.6) is 0 Å². The van der Waals surface area contributed by atoms with Crippen LogP contribution >= 0.6 is 0 Å². The third-order valence-corrected chi connectivity index (χ3v) is 9.60. The van der Waals surface area contributed by atoms with Crippen LogP contribution in [0.25, 0.3) is 16.6 Å². The Morgan fingerprint density at radius 3 is 2.54 bits per heavy atom. The molecule has 2 unspecified atom stereocenters. The van der Waals surface area contributed by atoms with Crippen LogP contribution < -0.4 is 0 Å². The molecule has 0 aliphatic carbocycles. The standard InChI is InChI=1S/C33H44FN5O2/c1-21(2)36(6)33(41)29-16-28(34)7-8-30(29)39-20-27(32-22(3)17-35-18-31(32)39)15-26-11-14-38(23(26)4)19-25-9-12-37(13-10-25)24(5)40/h7-8,16-18,20-21,23,25-26H,9-15,19H2,1-6H3. The van der Waals surface area contributed by atoms with Gasteiger partial charge >= 0.3 is 0 Å². The van der Waals surface area contributed by atoms with Crippen LogP contribution in [0.2, 0.25) is 0 Å². The number of hydrogen-bond acceptors (Lipinski definition) is 4. The van der Waals surface area contributed by atoms with Crippen molar-refractivity contribution in [1.82, 2.24) is 24.3 Å². The number of likely N-dealkylation sites (tertiary alicyclic amines) is 2. The largest absolute Gasteiger partial charge is 0.343 e. The number of aromatic nitrogens is 2. The summed E-state index contributed by atoms with van der Waals surface area (Å²) >= 11 is 0. The zero-order valence-electron chi connectivity index (χ0n) is 25.4. The number of piperidine rings is 1. The summed E-state index contributed by atoms with van der Waals surface area (Å²) in [7, 11) is 1.76. The smallest absolute Gasteiger partial charge is 0.256 e. The maximum Gasteiger partial charge on any atom is 0.256 e. The molecular weight excluding hydrogens is 517 g/mol. The van der Waals surface area contributed by atoms with Gasteiger partial charge in [-0.25, -0.2) is 4.39 Å². The lowest BCUT2D eigenvalue weighted by molar-refractivity contribution is -0.130. The molecule has 7 nitrogen and oxygen atoms in total. The molecule has 2 aliphatic heterocycles. The molecule has 41 heavy (non-hydrogen) atoms. The van der Waals surface area contributed by atoms with Crippen molar-refractivity contribution in [3.05, 3.63) is 59.3 Å². The number of rotatable bonds is 7. The molecule has 2 atom stereocenters. The molecule has 2 fully saturated rings. The minimum absolute atomic E-state index is 0.00650. The number of aryl methyl sites for hydroxylation is 1. The van der Waals surface area contributed by atoms with E-state index in [1.165, 1.54) is 23.1 Å². The molecule has 2 amide bonds. The molecule has 2 aliphatic rings. The highest BCUT2D eigenvalue weighted by Crippen LogP contribution is 2.35. The zero-order valence-corrected chi connectivity index (χ0v) is 25.4. The van der Waals surface area contributed by atoms with Gasteiger partial charge in [-0.15, -0.1) is 0 Å². The Kier molecular flexibility index (Phi) is 8.50. The minimum atomic E-state index is -0.424. The van der Waals surface area contributed by atoms with E-state index < -0.39 is 5.82 Å². The summed E-state index contributed by atoms with van der Waals surface area (Å²) in [4.78, 5) is 35.9. The van der Waals surface area contributed by atoms with E-state index in [9.17, 15) is 14.0 Å². The number of benzene rings is 1. The summed E-state index contributed by atoms with van der Waals surface area (Å²) < 4.78 is 16.5. The van der Waals surface area contributed by atoms with Crippen LogP contribution in [0.4, 0.5) is 4.39 Å². The second-order valence-corrected chi connectivity index (χ2v) is 12.5. The molecular formula is C33H44FN5O2. The SMILES string of the molecule is CC(=O)N1CCC(CN2CCC(Cc3cn(-c4ccc(F)cc4C(=O)N(C)C(C)C)c4cncc(C)c34)C2C)CC1. The lowest BCUT2D eigenvalue weighted by atomic mass is 9.92. The van der Waals surface area contributed by atoms with E-state index >= 15 is 0 Å². The van der Waals surface area contributed by atoms with Crippen LogP contribution in [0.1, 0.15) is 68.4 Å². The van der Waals surface area contributed by atoms with Crippen molar-refractivity contribution in [3.63, 3.8) is 0 Å². The predicted molar refractivity (Wildman–Crippen MR) is 161 cm³/mol. The molecule has 5 rings (SSSR count). The number of fused-ring (bicyclic) bond motifs is 1. The number of amides is 2. The summed E-state index contributed by atoms with van der Waals surface area (Å²) in [6.07, 6.45) is 10.1. The van der Waals surface area contributed by atoms with E-state index in [0.29, 0.717) is 29.1 Å². The highest BCUT2D eigenvalue weighted by atomic mass is 19.1. The van der Waals surface area contributed by atoms with Gasteiger partial charge in [0.05, 0.1) is 23.0 Å². The van der Waals surface area contributed by atoms with Gasteiger partial charge in [0.25, 0.3) is 5.91 Å². The highest BCUT2D eigenvalue weighted by Gasteiger charge is 2.34. The first-order valence-corrected chi connectivity index (χ1v) is 15.1. The summed E-state index contributed by atoms with van der Waals surface area (Å²) in [5.41, 5.74) is 4.30. The first-order chi connectivity index (χ1) is 19.5. The topological polar surface area (TPSA) is 61.7 Å². The van der Waals surface area contributed by atoms with Gasteiger partial charge in [0.2, 0.25) is 5.91 Å². The summed E-state index contributed by atoms with van der Waals surface area (Å²) in [6, 6.07) is 4.94. The lowest BCUT2D eigenvalue weighted by Gasteiger charge is -2.35. The maximum absolute atomic E-state index is 14.4. The molecule has 1 aromatic carbocycles. The first kappa shape index (κ1) is 29.2. The van der Waals surface area contributed by atoms with Crippen molar-refractivity contribution < 1.29 is 14.0 Å². The van der Waals surface area contributed by atoms with Gasteiger partial charge in [-0.1, -0.05) is 0 Å². The van der Waals surface area contributed by atoms with Crippen LogP contribution in [-0.4, -0.2) is 81.4 Å². The van der Waals surface area contributed by atoms with Gasteiger partial charge in [-0.2, -0.15) is 0 Å². The van der Waals surface area contributed by atoms with Crippen LogP contribution in [0, 0.1) is 24.6 Å². The molecule has 220 valence electrons. The summed E-state index contributed by atoms with van der Waals surface area (Å²) in [6.45, 7) is 14.0. The Morgan fingerprint density at radius 2 is 1.85 bits per heavy atom. The average Bonchev–Trinajstić information content (AvgIpc) is 3.49. The molecule has 0 radical (unpaired) electrons. The number of hydrogen-bond donors (Lipinski definition) is 0. The van der Waals surface area contributed by atoms with Crippen molar-refractivity contribution >= 4 is 22.7 Å². The van der Waals surface area contributed by atoms with Gasteiger partial charge in [0.1, 0.15) is 5.82 Å². The van der Waals surface area contributed by atoms with Crippen molar-refractivity contribution in [1.29, 1.82) is 0 Å². The molecule has 0 saturated carbocycles. The zero-order chi connectivity index (χ0) is 29.4. The monoisotopic (exact) mass is 561 g/mol. The van der Waals surface area contributed by atoms with Crippen LogP contribution in [-0.2, 0) is 11.2 Å². The fraction of sp³-hybridized carbons (Fsp3) is 0.545. The first-order valence-electron chi connectivity index (χ1n) is 15.1. The van der Waals surface area contributed by atoms with Crippen molar-refractivity contribution in [2.45, 2.75) is 72.4 Å². The molecule has 8 heteroatoms. The maximum atomic E-state index is 14.4. The van der Waals surface area contributed by atoms with Crippen LogP contribution in [0.15, 0.2) is 36.8 Å². The van der Waals surface area contributed by atoms with E-state index in [-0.39, 0.29) is 17.9 Å². The molecule has 2 aromatic heterocycles. The summed E-state index contributed by atoms with van der Waals surface area (Å²) in [5.74, 6) is 0.715. The number of halogens is 1. The minimum Gasteiger partial charge on any atom is -0.343 e. The lowest BCUT2D eigenvalue weighted by Crippen LogP contribution is -2.42. The van der Waals surface area contributed by atoms with Crippen molar-refractivity contribution in [3.8, 4) is 5.69 Å². The van der Waals surface area contributed by atoms with Gasteiger partial charge in [0.15, 0.2) is 0 Å². The Hall–Kier alpha value is -3.26. The van der Waals surface area contributed by atoms with Crippen LogP contribution in [0.3, 0.4) is 0 Å². The fourth-order valence-electron chi connectivity index (χ4n) is 6.76. The third kappa shape index (κ3) is 5.89. The number of carbonyl (C=O) groups excluding carboxylic acids is 2. The second kappa shape index (κ2) is 11.9. The number of pyridine rings is 1. The molecule has 0 spiro atoms. The highest BCUT2D eigenvalue weighted by molar-refractivity contribution is 5.99. The van der Waals surface area contributed by atoms with E-state index in [2.05, 4.69) is 29.9 Å². The van der Waals surface area contributed by atoms with E-state index in [1.54, 1.807) is 24.9 Å². The Morgan fingerprint density at radius 1 is 1.12 bits per heavy atom. The van der Waals surface area contributed by atoms with Gasteiger partial charge < -0.3 is 19.3 Å². The van der Waals surface area contributed by atoms with Gasteiger partial charge in [-0.05, 0) is 101 Å². The van der Waals surface area contributed by atoms with E-state index in [1.807, 2.05) is 35.7 Å². The van der Waals surface area contributed by atoms with Crippen molar-refractivity contribution in [2.24, 2.45) is 11.8 Å². The third-order valence-electron chi connectivity index (χ3n) is 9.60. The van der Waals surface area contributed by atoms with Crippen molar-refractivity contribution in [2.75, 3.05) is 33.2 Å². The fourth-order valence-corrected chi connectivity index (χ4v) is 6.76. The predicted octanol–water partition coefficient (Wildman–Crippen LogP) is 5.46. The normalized spacial score (nSPS) is 20.3. The molecule has 2 saturated heterocycles. The molecule has 0 bridgehead atoms. The average molecular weight is 562 g/mol. The molecule has 3 aromatic rings. The Balaban J connectivity index is 1.41. The Bertz CT molecular complexity index is 1420. The van der Waals surface area contributed by atoms with E-state index in [4.69, 9.17) is 0 Å². The quantitative estimate of drug-likeness (QED) is 0.384. The Labute approximate surface area is 243 Å². The molecule has 0 N–H and O–H groups in total. The summed E-state index contributed by atoms with van der Waals surface area (Å²) in [5, 5.41) is 1.17. The van der Waals surface area contributed by atoms with Gasteiger partial charge in [0, 0.05) is 63.5 Å².